The van der Waals surface area contributed by atoms with Gasteiger partial charge in [-0.05, 0) is 69.6 Å². The van der Waals surface area contributed by atoms with E-state index in [-0.39, 0.29) is 29.7 Å². The normalized spacial score (nSPS) is 22.5. The summed E-state index contributed by atoms with van der Waals surface area (Å²) in [4.78, 5) is 75.0. The quantitative estimate of drug-likeness (QED) is 0.107. The molecule has 0 bridgehead atoms. The molecule has 0 aliphatic heterocycles. The molecule has 4 N–H and O–H groups in total. The lowest BCUT2D eigenvalue weighted by molar-refractivity contribution is -0.160. The minimum Gasteiger partial charge on any atom is -0.497 e. The number of nitrogens with zero attached hydrogens (tertiary/aromatic N) is 1. The lowest BCUT2D eigenvalue weighted by atomic mass is 9.82. The Kier molecular flexibility index (Phi) is 13.3. The summed E-state index contributed by atoms with van der Waals surface area (Å²) >= 11 is 0. The summed E-state index contributed by atoms with van der Waals surface area (Å²) in [6.45, 7) is 14.6. The summed E-state index contributed by atoms with van der Waals surface area (Å²) in [5.74, 6) is -2.99. The van der Waals surface area contributed by atoms with Gasteiger partial charge in [-0.25, -0.2) is 9.78 Å². The van der Waals surface area contributed by atoms with Gasteiger partial charge in [-0.1, -0.05) is 76.4 Å². The number of methoxy groups -OCH3 is 1. The van der Waals surface area contributed by atoms with Crippen LogP contribution in [0.4, 0.5) is 0 Å². The number of hydrogen-bond acceptors (Lipinski definition) is 9. The molecule has 2 saturated carbocycles. The summed E-state index contributed by atoms with van der Waals surface area (Å²) in [5.41, 5.74) is -0.751. The highest BCUT2D eigenvalue weighted by Crippen LogP contribution is 2.47. The van der Waals surface area contributed by atoms with E-state index in [0.29, 0.717) is 34.5 Å². The predicted molar refractivity (Wildman–Crippen MR) is 233 cm³/mol. The number of esters is 1. The number of likely N-dealkylation sites (N-methyl/N-ethyl adjacent to an activating group) is 1. The SMILES string of the molecule is C=C[C@@H]1C[C@]1(NC(=O)C1CC(Oc2cc(-c3ccccc3)nc3cc(OC)ccc23)C=C1C(=O)N[C@H](C(=O)N[C@H](C(=O)NC)C1CCCCC1)C(C)(C)C)C(=O)OC(C)(C)C. The molecule has 6 rings (SSSR count). The first-order valence-corrected chi connectivity index (χ1v) is 21.3. The number of nitrogens with one attached hydrogen (secondary N) is 4. The highest BCUT2D eigenvalue weighted by atomic mass is 16.6. The lowest BCUT2D eigenvalue weighted by Crippen LogP contribution is -2.59. The second kappa shape index (κ2) is 18.1. The molecule has 3 aromatic rings. The fourth-order valence-electron chi connectivity index (χ4n) is 8.45. The summed E-state index contributed by atoms with van der Waals surface area (Å²) < 4.78 is 18.0. The van der Waals surface area contributed by atoms with Gasteiger partial charge in [0.1, 0.15) is 40.8 Å². The van der Waals surface area contributed by atoms with Crippen molar-refractivity contribution >= 4 is 40.5 Å². The molecule has 3 aliphatic carbocycles. The Morgan fingerprint density at radius 1 is 0.918 bits per heavy atom. The topological polar surface area (TPSA) is 174 Å². The van der Waals surface area contributed by atoms with Crippen molar-refractivity contribution in [1.29, 1.82) is 0 Å². The van der Waals surface area contributed by atoms with Gasteiger partial charge in [-0.3, -0.25) is 19.2 Å². The first-order valence-electron chi connectivity index (χ1n) is 21.3. The number of hydrogen-bond donors (Lipinski definition) is 4. The standard InChI is InChI=1S/C48H61N5O8/c1-10-30-27-48(30,45(58)61-47(5,6)7)53-42(55)35-24-32(60-38-26-36(28-17-13-11-14-18-28)50-37-25-31(59-9)21-22-33(37)38)23-34(35)41(54)52-40(46(2,3)4)44(57)51-39(43(56)49-8)29-19-15-12-16-20-29/h10-11,13-14,17-18,21-23,25-26,29-30,32,35,39-40H,1,12,15-16,19-20,24,27H2,2-9H3,(H,49,56)(H,51,57)(H,52,54)(H,53,55)/t30-,32?,35?,39+,40-,48-/m1/s1. The van der Waals surface area contributed by atoms with Gasteiger partial charge in [0, 0.05) is 48.0 Å². The number of carbonyl (C=O) groups is 5. The molecule has 61 heavy (non-hydrogen) atoms. The average Bonchev–Trinajstić information content (AvgIpc) is 3.79. The Labute approximate surface area is 358 Å². The van der Waals surface area contributed by atoms with E-state index in [4.69, 9.17) is 19.2 Å². The fourth-order valence-corrected chi connectivity index (χ4v) is 8.45. The van der Waals surface area contributed by atoms with E-state index in [1.165, 1.54) is 0 Å². The number of carbonyl (C=O) groups excluding carboxylic acids is 5. The first kappa shape index (κ1) is 44.8. The van der Waals surface area contributed by atoms with Gasteiger partial charge < -0.3 is 35.5 Å². The van der Waals surface area contributed by atoms with Crippen LogP contribution in [0.5, 0.6) is 11.5 Å². The van der Waals surface area contributed by atoms with Gasteiger partial charge in [-0.2, -0.15) is 0 Å². The van der Waals surface area contributed by atoms with E-state index in [1.807, 2.05) is 69.3 Å². The largest absolute Gasteiger partial charge is 0.497 e. The number of ether oxygens (including phenoxy) is 3. The van der Waals surface area contributed by atoms with Crippen LogP contribution < -0.4 is 30.7 Å². The number of benzene rings is 2. The molecular formula is C48H61N5O8. The van der Waals surface area contributed by atoms with Gasteiger partial charge in [0.15, 0.2) is 0 Å². The molecule has 0 spiro atoms. The van der Waals surface area contributed by atoms with Crippen molar-refractivity contribution in [2.24, 2.45) is 23.2 Å². The number of rotatable bonds is 14. The van der Waals surface area contributed by atoms with Crippen molar-refractivity contribution < 1.29 is 38.2 Å². The number of aromatic nitrogens is 1. The Hall–Kier alpha value is -5.72. The summed E-state index contributed by atoms with van der Waals surface area (Å²) in [7, 11) is 3.13. The third-order valence-electron chi connectivity index (χ3n) is 11.9. The zero-order valence-electron chi connectivity index (χ0n) is 36.7. The van der Waals surface area contributed by atoms with Crippen LogP contribution >= 0.6 is 0 Å². The van der Waals surface area contributed by atoms with Crippen molar-refractivity contribution in [2.45, 2.75) is 116 Å². The molecule has 2 unspecified atom stereocenters. The molecule has 3 aliphatic rings. The van der Waals surface area contributed by atoms with Gasteiger partial charge in [0.2, 0.25) is 23.6 Å². The number of pyridine rings is 1. The fraction of sp³-hybridized carbons (Fsp3) is 0.500. The summed E-state index contributed by atoms with van der Waals surface area (Å²) in [5, 5.41) is 12.3. The maximum atomic E-state index is 14.6. The van der Waals surface area contributed by atoms with Crippen LogP contribution in [-0.4, -0.2) is 78.1 Å². The van der Waals surface area contributed by atoms with Crippen LogP contribution in [0.15, 0.2) is 78.9 Å². The predicted octanol–water partition coefficient (Wildman–Crippen LogP) is 6.35. The van der Waals surface area contributed by atoms with Crippen LogP contribution in [0.3, 0.4) is 0 Å². The van der Waals surface area contributed by atoms with Crippen molar-refractivity contribution in [3.8, 4) is 22.8 Å². The third-order valence-corrected chi connectivity index (χ3v) is 11.9. The second-order valence-corrected chi connectivity index (χ2v) is 18.6. The Balaban J connectivity index is 1.34. The van der Waals surface area contributed by atoms with E-state index in [0.717, 1.165) is 37.7 Å². The zero-order chi connectivity index (χ0) is 44.3. The van der Waals surface area contributed by atoms with Crippen LogP contribution in [0.2, 0.25) is 0 Å². The molecule has 6 atom stereocenters. The molecule has 326 valence electrons. The highest BCUT2D eigenvalue weighted by Gasteiger charge is 2.62. The smallest absolute Gasteiger partial charge is 0.333 e. The first-order chi connectivity index (χ1) is 28.9. The maximum absolute atomic E-state index is 14.6. The molecule has 2 fully saturated rings. The molecule has 0 radical (unpaired) electrons. The van der Waals surface area contributed by atoms with Crippen LogP contribution in [0.1, 0.15) is 86.5 Å². The second-order valence-electron chi connectivity index (χ2n) is 18.6. The zero-order valence-corrected chi connectivity index (χ0v) is 36.7. The van der Waals surface area contributed by atoms with Crippen molar-refractivity contribution in [3.63, 3.8) is 0 Å². The van der Waals surface area contributed by atoms with Gasteiger partial charge >= 0.3 is 5.97 Å². The van der Waals surface area contributed by atoms with Gasteiger partial charge in [0.25, 0.3) is 0 Å². The van der Waals surface area contributed by atoms with Crippen molar-refractivity contribution in [2.75, 3.05) is 14.2 Å². The minimum atomic E-state index is -1.35. The minimum absolute atomic E-state index is 0.0376. The van der Waals surface area contributed by atoms with Crippen molar-refractivity contribution in [1.82, 2.24) is 26.3 Å². The van der Waals surface area contributed by atoms with Crippen LogP contribution in [0.25, 0.3) is 22.2 Å². The molecule has 1 aromatic heterocycles. The molecule has 0 saturated heterocycles. The van der Waals surface area contributed by atoms with E-state index in [2.05, 4.69) is 27.8 Å². The maximum Gasteiger partial charge on any atom is 0.333 e. The molecule has 13 nitrogen and oxygen atoms in total. The third kappa shape index (κ3) is 10.3. The monoisotopic (exact) mass is 835 g/mol. The van der Waals surface area contributed by atoms with Crippen LogP contribution in [0, 0.1) is 23.2 Å². The summed E-state index contributed by atoms with van der Waals surface area (Å²) in [6.07, 6.45) is 7.41. The van der Waals surface area contributed by atoms with Gasteiger partial charge in [-0.15, -0.1) is 6.58 Å². The molecule has 1 heterocycles. The van der Waals surface area contributed by atoms with E-state index < -0.39 is 64.4 Å². The Morgan fingerprint density at radius 3 is 2.23 bits per heavy atom. The molecule has 13 heteroatoms. The lowest BCUT2D eigenvalue weighted by Gasteiger charge is -2.35. The average molecular weight is 836 g/mol. The number of amides is 4. The highest BCUT2D eigenvalue weighted by molar-refractivity contribution is 6.04. The molecular weight excluding hydrogens is 775 g/mol. The van der Waals surface area contributed by atoms with Crippen molar-refractivity contribution in [3.05, 3.63) is 78.9 Å². The van der Waals surface area contributed by atoms with E-state index in [9.17, 15) is 24.0 Å². The van der Waals surface area contributed by atoms with Gasteiger partial charge in [0.05, 0.1) is 24.2 Å². The summed E-state index contributed by atoms with van der Waals surface area (Å²) in [6, 6.07) is 15.1. The molecule has 4 amide bonds. The molecule has 2 aromatic carbocycles. The van der Waals surface area contributed by atoms with Crippen LogP contribution in [-0.2, 0) is 28.7 Å². The van der Waals surface area contributed by atoms with E-state index >= 15 is 0 Å². The Morgan fingerprint density at radius 2 is 1.62 bits per heavy atom. The van der Waals surface area contributed by atoms with E-state index in [1.54, 1.807) is 53.1 Å². The number of fused-ring (bicyclic) bond motifs is 1. The Bertz CT molecular complexity index is 2180.